The molecule has 2 nitrogen and oxygen atoms in total. The lowest BCUT2D eigenvalue weighted by atomic mass is 10.2. The van der Waals surface area contributed by atoms with E-state index in [9.17, 15) is 5.11 Å². The number of fused-ring (bicyclic) bond motifs is 1. The molecule has 0 saturated heterocycles. The van der Waals surface area contributed by atoms with Crippen LogP contribution < -0.4 is 5.73 Å². The third kappa shape index (κ3) is 1.02. The van der Waals surface area contributed by atoms with E-state index in [-0.39, 0.29) is 5.75 Å². The maximum absolute atomic E-state index is 9.43. The first-order valence-corrected chi connectivity index (χ1v) is 4.54. The Bertz CT molecular complexity index is 438. The smallest absolute Gasteiger partial charge is 0.152 e. The van der Waals surface area contributed by atoms with Crippen LogP contribution in [0.2, 0.25) is 4.34 Å². The number of thiophene rings is 1. The van der Waals surface area contributed by atoms with Gasteiger partial charge in [-0.3, -0.25) is 0 Å². The van der Waals surface area contributed by atoms with Crippen LogP contribution in [0.5, 0.6) is 5.75 Å². The Morgan fingerprint density at radius 2 is 2.17 bits per heavy atom. The molecule has 0 aliphatic rings. The van der Waals surface area contributed by atoms with E-state index in [1.807, 2.05) is 0 Å². The minimum absolute atomic E-state index is 0.150. The van der Waals surface area contributed by atoms with Gasteiger partial charge in [0.05, 0.1) is 0 Å². The van der Waals surface area contributed by atoms with Gasteiger partial charge in [-0.2, -0.15) is 0 Å². The number of benzene rings is 1. The van der Waals surface area contributed by atoms with Crippen molar-refractivity contribution in [2.24, 2.45) is 0 Å². The van der Waals surface area contributed by atoms with Gasteiger partial charge in [-0.25, -0.2) is 0 Å². The van der Waals surface area contributed by atoms with E-state index in [2.05, 4.69) is 0 Å². The van der Waals surface area contributed by atoms with E-state index in [0.717, 1.165) is 10.1 Å². The van der Waals surface area contributed by atoms with Gasteiger partial charge in [0.1, 0.15) is 4.34 Å². The predicted octanol–water partition coefficient (Wildman–Crippen LogP) is 2.84. The van der Waals surface area contributed by atoms with Crippen molar-refractivity contribution < 1.29 is 5.11 Å². The molecule has 0 amide bonds. The lowest BCUT2D eigenvalue weighted by Gasteiger charge is -1.92. The number of anilines is 1. The van der Waals surface area contributed by atoms with Crippen LogP contribution in [0.4, 0.5) is 5.69 Å². The predicted molar refractivity (Wildman–Crippen MR) is 52.9 cm³/mol. The highest BCUT2D eigenvalue weighted by Crippen LogP contribution is 2.40. The molecule has 1 aromatic heterocycles. The molecule has 2 rings (SSSR count). The third-order valence-corrected chi connectivity index (χ3v) is 2.99. The minimum atomic E-state index is 0.150. The molecular formula is C8H6ClNOS. The van der Waals surface area contributed by atoms with Gasteiger partial charge in [0, 0.05) is 15.8 Å². The first kappa shape index (κ1) is 7.71. The fourth-order valence-corrected chi connectivity index (χ4v) is 2.29. The van der Waals surface area contributed by atoms with Gasteiger partial charge in [0.15, 0.2) is 5.75 Å². The molecule has 0 saturated carbocycles. The molecule has 0 aliphatic carbocycles. The Balaban J connectivity index is 2.87. The second-order valence-corrected chi connectivity index (χ2v) is 4.13. The molecule has 4 heteroatoms. The highest BCUT2D eigenvalue weighted by molar-refractivity contribution is 7.23. The normalized spacial score (nSPS) is 10.8. The minimum Gasteiger partial charge on any atom is -0.505 e. The molecule has 2 aromatic rings. The Morgan fingerprint density at radius 1 is 1.42 bits per heavy atom. The number of hydrogen-bond acceptors (Lipinski definition) is 3. The first-order chi connectivity index (χ1) is 5.68. The van der Waals surface area contributed by atoms with Crippen LogP contribution in [-0.4, -0.2) is 5.11 Å². The van der Waals surface area contributed by atoms with Crippen LogP contribution in [0.3, 0.4) is 0 Å². The first-order valence-electron chi connectivity index (χ1n) is 3.35. The molecule has 1 aromatic carbocycles. The average molecular weight is 200 g/mol. The summed E-state index contributed by atoms with van der Waals surface area (Å²) in [6.07, 6.45) is 0. The summed E-state index contributed by atoms with van der Waals surface area (Å²) in [7, 11) is 0. The quantitative estimate of drug-likeness (QED) is 0.641. The van der Waals surface area contributed by atoms with E-state index in [1.54, 1.807) is 18.2 Å². The molecule has 1 heterocycles. The average Bonchev–Trinajstić information content (AvgIpc) is 2.28. The van der Waals surface area contributed by atoms with Gasteiger partial charge in [-0.15, -0.1) is 11.3 Å². The molecule has 0 aliphatic heterocycles. The zero-order chi connectivity index (χ0) is 8.72. The number of nitrogens with two attached hydrogens (primary N) is 1. The van der Waals surface area contributed by atoms with E-state index in [4.69, 9.17) is 17.3 Å². The molecular weight excluding hydrogens is 194 g/mol. The lowest BCUT2D eigenvalue weighted by Crippen LogP contribution is -1.80. The number of halogens is 1. The van der Waals surface area contributed by atoms with Crippen molar-refractivity contribution in [3.63, 3.8) is 0 Å². The zero-order valence-corrected chi connectivity index (χ0v) is 7.62. The standard InChI is InChI=1S/C8H6ClNOS/c9-8-7(11)5-2-1-4(10)3-6(5)12-8/h1-3,11H,10H2. The summed E-state index contributed by atoms with van der Waals surface area (Å²) < 4.78 is 1.33. The van der Waals surface area contributed by atoms with Crippen LogP contribution in [0, 0.1) is 0 Å². The van der Waals surface area contributed by atoms with Gasteiger partial charge >= 0.3 is 0 Å². The Kier molecular flexibility index (Phi) is 1.63. The molecule has 0 spiro atoms. The SMILES string of the molecule is Nc1ccc2c(O)c(Cl)sc2c1. The molecule has 0 atom stereocenters. The zero-order valence-electron chi connectivity index (χ0n) is 6.04. The number of aromatic hydroxyl groups is 1. The highest BCUT2D eigenvalue weighted by atomic mass is 35.5. The van der Waals surface area contributed by atoms with Crippen molar-refractivity contribution in [2.75, 3.05) is 5.73 Å². The molecule has 3 N–H and O–H groups in total. The summed E-state index contributed by atoms with van der Waals surface area (Å²) in [6.45, 7) is 0. The summed E-state index contributed by atoms with van der Waals surface area (Å²) in [5, 5.41) is 10.2. The summed E-state index contributed by atoms with van der Waals surface area (Å²) in [6, 6.07) is 5.30. The van der Waals surface area contributed by atoms with E-state index < -0.39 is 0 Å². The summed E-state index contributed by atoms with van der Waals surface area (Å²) in [5.74, 6) is 0.150. The number of nitrogen functional groups attached to an aromatic ring is 1. The topological polar surface area (TPSA) is 46.2 Å². The van der Waals surface area contributed by atoms with Crippen molar-refractivity contribution in [2.45, 2.75) is 0 Å². The molecule has 12 heavy (non-hydrogen) atoms. The van der Waals surface area contributed by atoms with Crippen LogP contribution in [0.25, 0.3) is 10.1 Å². The van der Waals surface area contributed by atoms with Crippen LogP contribution in [0.15, 0.2) is 18.2 Å². The monoisotopic (exact) mass is 199 g/mol. The van der Waals surface area contributed by atoms with Gasteiger partial charge in [0.2, 0.25) is 0 Å². The Morgan fingerprint density at radius 3 is 2.92 bits per heavy atom. The number of hydrogen-bond donors (Lipinski definition) is 2. The van der Waals surface area contributed by atoms with Crippen molar-refractivity contribution in [1.82, 2.24) is 0 Å². The van der Waals surface area contributed by atoms with Crippen molar-refractivity contribution in [3.05, 3.63) is 22.5 Å². The second kappa shape index (κ2) is 2.54. The maximum Gasteiger partial charge on any atom is 0.152 e. The third-order valence-electron chi connectivity index (χ3n) is 1.65. The van der Waals surface area contributed by atoms with E-state index in [0.29, 0.717) is 10.0 Å². The van der Waals surface area contributed by atoms with Crippen LogP contribution >= 0.6 is 22.9 Å². The lowest BCUT2D eigenvalue weighted by molar-refractivity contribution is 0.484. The van der Waals surface area contributed by atoms with E-state index in [1.165, 1.54) is 11.3 Å². The Hall–Kier alpha value is -0.930. The van der Waals surface area contributed by atoms with Crippen LogP contribution in [0.1, 0.15) is 0 Å². The maximum atomic E-state index is 9.43. The molecule has 0 bridgehead atoms. The van der Waals surface area contributed by atoms with E-state index >= 15 is 0 Å². The van der Waals surface area contributed by atoms with Crippen LogP contribution in [-0.2, 0) is 0 Å². The molecule has 0 unspecified atom stereocenters. The van der Waals surface area contributed by atoms with Crippen molar-refractivity contribution in [1.29, 1.82) is 0 Å². The molecule has 0 radical (unpaired) electrons. The largest absolute Gasteiger partial charge is 0.505 e. The fraction of sp³-hybridized carbons (Fsp3) is 0. The van der Waals surface area contributed by atoms with Gasteiger partial charge in [-0.05, 0) is 18.2 Å². The van der Waals surface area contributed by atoms with Crippen molar-refractivity contribution >= 4 is 38.7 Å². The molecule has 0 fully saturated rings. The summed E-state index contributed by atoms with van der Waals surface area (Å²) in [4.78, 5) is 0. The van der Waals surface area contributed by atoms with Crippen molar-refractivity contribution in [3.8, 4) is 5.75 Å². The highest BCUT2D eigenvalue weighted by Gasteiger charge is 2.08. The fourth-order valence-electron chi connectivity index (χ4n) is 1.07. The van der Waals surface area contributed by atoms with Gasteiger partial charge in [0.25, 0.3) is 0 Å². The summed E-state index contributed by atoms with van der Waals surface area (Å²) in [5.41, 5.74) is 6.25. The second-order valence-electron chi connectivity index (χ2n) is 2.48. The molecule has 62 valence electrons. The Labute approximate surface area is 78.2 Å². The summed E-state index contributed by atoms with van der Waals surface area (Å²) >= 11 is 7.06. The van der Waals surface area contributed by atoms with Gasteiger partial charge < -0.3 is 10.8 Å². The van der Waals surface area contributed by atoms with Gasteiger partial charge in [-0.1, -0.05) is 11.6 Å². The number of rotatable bonds is 0.